The highest BCUT2D eigenvalue weighted by Crippen LogP contribution is 2.20. The van der Waals surface area contributed by atoms with Crippen LogP contribution in [-0.2, 0) is 0 Å². The number of ether oxygens (including phenoxy) is 1. The number of aliphatic hydroxyl groups is 1. The number of nitrogens with one attached hydrogen (secondary N) is 1. The lowest BCUT2D eigenvalue weighted by atomic mass is 9.94. The van der Waals surface area contributed by atoms with Crippen LogP contribution in [0.25, 0.3) is 0 Å². The van der Waals surface area contributed by atoms with Crippen molar-refractivity contribution in [3.05, 3.63) is 29.8 Å². The van der Waals surface area contributed by atoms with E-state index in [1.807, 2.05) is 24.3 Å². The fourth-order valence-electron chi connectivity index (χ4n) is 2.89. The normalized spacial score (nSPS) is 25.4. The molecule has 0 radical (unpaired) electrons. The van der Waals surface area contributed by atoms with Crippen molar-refractivity contribution in [1.82, 2.24) is 10.2 Å². The lowest BCUT2D eigenvalue weighted by Crippen LogP contribution is -2.47. The van der Waals surface area contributed by atoms with Gasteiger partial charge in [0.05, 0.1) is 13.2 Å². The van der Waals surface area contributed by atoms with Gasteiger partial charge in [-0.15, -0.1) is 0 Å². The molecule has 2 N–H and O–H groups in total. The van der Waals surface area contributed by atoms with E-state index in [2.05, 4.69) is 24.2 Å². The summed E-state index contributed by atoms with van der Waals surface area (Å²) in [6.07, 6.45) is 0.652. The monoisotopic (exact) mass is 278 g/mol. The first-order valence-corrected chi connectivity index (χ1v) is 7.34. The summed E-state index contributed by atoms with van der Waals surface area (Å²) in [5, 5.41) is 13.8. The first kappa shape index (κ1) is 15.3. The van der Waals surface area contributed by atoms with Gasteiger partial charge in [-0.2, -0.15) is 0 Å². The molecule has 1 aliphatic rings. The minimum Gasteiger partial charge on any atom is -0.497 e. The predicted octanol–water partition coefficient (Wildman–Crippen LogP) is 1.66. The van der Waals surface area contributed by atoms with E-state index in [-0.39, 0.29) is 0 Å². The van der Waals surface area contributed by atoms with E-state index in [1.54, 1.807) is 7.11 Å². The topological polar surface area (TPSA) is 44.7 Å². The summed E-state index contributed by atoms with van der Waals surface area (Å²) in [7, 11) is 3.81. The van der Waals surface area contributed by atoms with Crippen molar-refractivity contribution in [1.29, 1.82) is 0 Å². The van der Waals surface area contributed by atoms with Crippen LogP contribution in [0.2, 0.25) is 0 Å². The second-order valence-electron chi connectivity index (χ2n) is 5.84. The second kappa shape index (κ2) is 7.07. The minimum absolute atomic E-state index is 0.489. The highest BCUT2D eigenvalue weighted by molar-refractivity contribution is 5.29. The third-order valence-corrected chi connectivity index (χ3v) is 4.16. The van der Waals surface area contributed by atoms with E-state index in [0.717, 1.165) is 30.8 Å². The Morgan fingerprint density at radius 3 is 3.00 bits per heavy atom. The molecule has 4 heteroatoms. The van der Waals surface area contributed by atoms with Gasteiger partial charge in [-0.25, -0.2) is 0 Å². The fraction of sp³-hybridized carbons (Fsp3) is 0.625. The zero-order valence-electron chi connectivity index (χ0n) is 12.7. The number of aliphatic hydroxyl groups excluding tert-OH is 1. The van der Waals surface area contributed by atoms with Gasteiger partial charge in [0.2, 0.25) is 0 Å². The lowest BCUT2D eigenvalue weighted by molar-refractivity contribution is 0.137. The summed E-state index contributed by atoms with van der Waals surface area (Å²) in [5.74, 6) is 1.40. The summed E-state index contributed by atoms with van der Waals surface area (Å²) < 4.78 is 5.19. The summed E-state index contributed by atoms with van der Waals surface area (Å²) in [6, 6.07) is 8.13. The summed E-state index contributed by atoms with van der Waals surface area (Å²) in [6.45, 7) is 5.10. The number of hydrogen-bond acceptors (Lipinski definition) is 4. The van der Waals surface area contributed by atoms with E-state index in [9.17, 15) is 5.11 Å². The molecule has 1 aromatic carbocycles. The van der Waals surface area contributed by atoms with Crippen molar-refractivity contribution >= 4 is 0 Å². The molecule has 0 aromatic heterocycles. The molecule has 2 rings (SSSR count). The summed E-state index contributed by atoms with van der Waals surface area (Å²) in [5.41, 5.74) is 0.900. The maximum Gasteiger partial charge on any atom is 0.119 e. The molecular formula is C16H26N2O2. The molecule has 112 valence electrons. The largest absolute Gasteiger partial charge is 0.497 e. The number of benzene rings is 1. The van der Waals surface area contributed by atoms with Crippen LogP contribution in [-0.4, -0.2) is 49.8 Å². The van der Waals surface area contributed by atoms with Crippen molar-refractivity contribution in [3.63, 3.8) is 0 Å². The summed E-state index contributed by atoms with van der Waals surface area (Å²) in [4.78, 5) is 2.36. The number of piperidine rings is 1. The number of methoxy groups -OCH3 is 1. The van der Waals surface area contributed by atoms with Gasteiger partial charge in [0, 0.05) is 19.1 Å². The Bertz CT molecular complexity index is 425. The Morgan fingerprint density at radius 1 is 1.50 bits per heavy atom. The maximum absolute atomic E-state index is 10.3. The molecule has 1 aliphatic heterocycles. The van der Waals surface area contributed by atoms with Gasteiger partial charge < -0.3 is 20.1 Å². The first-order chi connectivity index (χ1) is 9.60. The van der Waals surface area contributed by atoms with Crippen LogP contribution in [0.5, 0.6) is 5.75 Å². The number of likely N-dealkylation sites (tertiary alicyclic amines) is 1. The molecule has 20 heavy (non-hydrogen) atoms. The maximum atomic E-state index is 10.3. The average Bonchev–Trinajstić information content (AvgIpc) is 2.46. The lowest BCUT2D eigenvalue weighted by Gasteiger charge is -2.35. The number of nitrogens with zero attached hydrogens (tertiary/aromatic N) is 1. The van der Waals surface area contributed by atoms with E-state index in [4.69, 9.17) is 4.74 Å². The van der Waals surface area contributed by atoms with E-state index >= 15 is 0 Å². The van der Waals surface area contributed by atoms with Gasteiger partial charge in [0.25, 0.3) is 0 Å². The van der Waals surface area contributed by atoms with Crippen LogP contribution < -0.4 is 10.1 Å². The van der Waals surface area contributed by atoms with Gasteiger partial charge in [-0.1, -0.05) is 19.1 Å². The van der Waals surface area contributed by atoms with Crippen molar-refractivity contribution in [2.75, 3.05) is 33.8 Å². The third kappa shape index (κ3) is 3.95. The van der Waals surface area contributed by atoms with Gasteiger partial charge >= 0.3 is 0 Å². The van der Waals surface area contributed by atoms with Crippen LogP contribution in [0.1, 0.15) is 25.0 Å². The Morgan fingerprint density at radius 2 is 2.30 bits per heavy atom. The second-order valence-corrected chi connectivity index (χ2v) is 5.84. The Kier molecular flexibility index (Phi) is 5.40. The predicted molar refractivity (Wildman–Crippen MR) is 81.0 cm³/mol. The quantitative estimate of drug-likeness (QED) is 0.860. The number of hydrogen-bond donors (Lipinski definition) is 2. The van der Waals surface area contributed by atoms with Crippen LogP contribution in [0.4, 0.5) is 0 Å². The Labute approximate surface area is 121 Å². The fourth-order valence-corrected chi connectivity index (χ4v) is 2.89. The molecule has 1 saturated heterocycles. The molecule has 0 saturated carbocycles. The molecular weight excluding hydrogens is 252 g/mol. The van der Waals surface area contributed by atoms with Crippen LogP contribution in [0.3, 0.4) is 0 Å². The SMILES string of the molecule is COc1cccc(C(O)CNC2CCN(C)CC2C)c1. The molecule has 1 aromatic rings. The van der Waals surface area contributed by atoms with Crippen LogP contribution in [0.15, 0.2) is 24.3 Å². The molecule has 3 unspecified atom stereocenters. The summed E-state index contributed by atoms with van der Waals surface area (Å²) >= 11 is 0. The van der Waals surface area contributed by atoms with Crippen LogP contribution in [0, 0.1) is 5.92 Å². The molecule has 3 atom stereocenters. The Hall–Kier alpha value is -1.10. The van der Waals surface area contributed by atoms with E-state index < -0.39 is 6.10 Å². The molecule has 1 fully saturated rings. The van der Waals surface area contributed by atoms with Crippen LogP contribution >= 0.6 is 0 Å². The van der Waals surface area contributed by atoms with Crippen molar-refractivity contribution in [2.24, 2.45) is 5.92 Å². The number of rotatable bonds is 5. The van der Waals surface area contributed by atoms with Gasteiger partial charge in [0.15, 0.2) is 0 Å². The van der Waals surface area contributed by atoms with Crippen molar-refractivity contribution < 1.29 is 9.84 Å². The van der Waals surface area contributed by atoms with E-state index in [1.165, 1.54) is 0 Å². The molecule has 1 heterocycles. The van der Waals surface area contributed by atoms with Crippen molar-refractivity contribution in [3.8, 4) is 5.75 Å². The highest BCUT2D eigenvalue weighted by atomic mass is 16.5. The molecule has 0 aliphatic carbocycles. The zero-order chi connectivity index (χ0) is 14.5. The smallest absolute Gasteiger partial charge is 0.119 e. The van der Waals surface area contributed by atoms with Gasteiger partial charge in [-0.3, -0.25) is 0 Å². The Balaban J connectivity index is 1.86. The zero-order valence-corrected chi connectivity index (χ0v) is 12.7. The van der Waals surface area contributed by atoms with E-state index in [0.29, 0.717) is 18.5 Å². The van der Waals surface area contributed by atoms with Crippen molar-refractivity contribution in [2.45, 2.75) is 25.5 Å². The van der Waals surface area contributed by atoms with Gasteiger partial charge in [-0.05, 0) is 43.6 Å². The molecule has 4 nitrogen and oxygen atoms in total. The molecule has 0 spiro atoms. The minimum atomic E-state index is -0.489. The molecule has 0 bridgehead atoms. The first-order valence-electron chi connectivity index (χ1n) is 7.34. The molecule has 0 amide bonds. The standard InChI is InChI=1S/C16H26N2O2/c1-12-11-18(2)8-7-15(12)17-10-16(19)13-5-4-6-14(9-13)20-3/h4-6,9,12,15-17,19H,7-8,10-11H2,1-3H3. The highest BCUT2D eigenvalue weighted by Gasteiger charge is 2.24. The average molecular weight is 278 g/mol. The van der Waals surface area contributed by atoms with Gasteiger partial charge in [0.1, 0.15) is 5.75 Å². The third-order valence-electron chi connectivity index (χ3n) is 4.16.